The van der Waals surface area contributed by atoms with E-state index in [0.29, 0.717) is 69.3 Å². The van der Waals surface area contributed by atoms with Gasteiger partial charge in [0.25, 0.3) is 38.6 Å². The molecule has 21 nitrogen and oxygen atoms in total. The number of carbonyl (C=O) groups is 2. The minimum atomic E-state index is -5.40. The Hall–Kier alpha value is -5.68. The molecule has 2 aliphatic rings. The van der Waals surface area contributed by atoms with Crippen LogP contribution in [0.4, 0.5) is 43.4 Å². The standard InChI is InChI=1S/C30H39N3O3.C14H17BBrF3O4S.C14H18BF3O4S.C8H6BrF3O2S.C7H6BrClO2S.C7H6BrFO2S.CH4.BHNS/c1-21(2)29(35)33-17-10-16-31-19-26-22-11-6-8-13-24(22)27(25-14-9-7-12-23(25)26)20-32-18-15-28(34)36-30(3,4)5;1-12(2)13(3,4)23-15(22-12)11-6-5-10(7-9(11)8-16)24(20,21)14(17,18)19;1-9-8-10(23(19,20)14(16,17)18)6-7-11(9)15-21-12(2,3)13(4,5)22-15;1-5-4-6(2-3-7(5)9)15(13,14)8(10,11)12;2*1-5-4-6(12(9,10)11)2-3-7(5)8;;1-2-3/h6-9,11-14,31-32H,1,10,15-20H2,2-5H3,(H,33,35);5-7H,8H2,1-4H3;6-8H,1-5H3;2-4H,1H3;2*2-4H,1H3;1H4;3H. The third-order valence-electron chi connectivity index (χ3n) is 19.2. The van der Waals surface area contributed by atoms with Crippen LogP contribution in [0, 0.1) is 27.7 Å². The maximum atomic E-state index is 12.7. The predicted octanol–water partition coefficient (Wildman–Crippen LogP) is 19.7. The third-order valence-corrected chi connectivity index (χ3v) is 29.1. The second kappa shape index (κ2) is 46.1. The fraction of sp³-hybridized carbons (Fsp3) is 0.407. The molecule has 0 atom stereocenters. The molecule has 0 aromatic heterocycles. The number of benzene rings is 8. The molecular weight excluding hydrogens is 2070 g/mol. The molecule has 45 heteroatoms. The van der Waals surface area contributed by atoms with Crippen molar-refractivity contribution in [3.05, 3.63) is 204 Å². The van der Waals surface area contributed by atoms with Crippen LogP contribution in [0.5, 0.6) is 0 Å². The molecule has 10 rings (SSSR count). The van der Waals surface area contributed by atoms with Gasteiger partial charge in [-0.05, 0) is 268 Å². The van der Waals surface area contributed by atoms with Crippen LogP contribution < -0.4 is 26.9 Å². The molecule has 0 unspecified atom stereocenters. The van der Waals surface area contributed by atoms with E-state index in [4.69, 9.17) is 34.0 Å². The predicted molar refractivity (Wildman–Crippen MR) is 491 cm³/mol. The summed E-state index contributed by atoms with van der Waals surface area (Å²) in [7, 11) is -16.2. The first-order valence-electron chi connectivity index (χ1n) is 37.1. The van der Waals surface area contributed by atoms with E-state index in [1.54, 1.807) is 26.8 Å². The SMILES string of the molecule is C.C=C(C)C(=O)NCCCNCc1c2ccccc2c(CNCCC(=O)OC(C)(C)C)c2ccccc12.CC1(C)OB(c2ccc(S(=O)(=O)C(F)(F)F)cc2CBr)OC1(C)C.Cc1cc(S(=O)(=O)C(F)(F)F)ccc1B1OC(C)(C)C(C)(C)O1.Cc1cc(S(=O)(=O)C(F)(F)F)ccc1Br.Cc1cc(S(=O)(=O)Cl)ccc1Br.Cc1cc(S(=O)(=O)F)ccc1Br.[B]=NS. The Bertz CT molecular complexity index is 5660. The zero-order chi connectivity index (χ0) is 95.8. The molecule has 1 radical (unpaired) electrons. The van der Waals surface area contributed by atoms with Gasteiger partial charge in [-0.25, -0.2) is 33.7 Å². The molecule has 0 aliphatic carbocycles. The molecule has 0 spiro atoms. The normalized spacial score (nSPS) is 14.8. The number of sulfone groups is 3. The van der Waals surface area contributed by atoms with Crippen molar-refractivity contribution in [3.63, 3.8) is 0 Å². The van der Waals surface area contributed by atoms with E-state index < -0.39 is 122 Å². The van der Waals surface area contributed by atoms with Crippen molar-refractivity contribution in [1.82, 2.24) is 16.0 Å². The monoisotopic (exact) mass is 2160 g/mol. The molecule has 3 N–H and O–H groups in total. The van der Waals surface area contributed by atoms with Crippen molar-refractivity contribution >= 4 is 202 Å². The van der Waals surface area contributed by atoms with Gasteiger partial charge in [-0.1, -0.05) is 144 Å². The molecule has 8 aromatic carbocycles. The molecule has 2 heterocycles. The summed E-state index contributed by atoms with van der Waals surface area (Å²) in [6, 6.07) is 35.2. The van der Waals surface area contributed by atoms with Crippen molar-refractivity contribution in [1.29, 1.82) is 0 Å². The van der Waals surface area contributed by atoms with E-state index in [1.807, 2.05) is 76.2 Å². The van der Waals surface area contributed by atoms with Gasteiger partial charge < -0.3 is 39.3 Å². The zero-order valence-corrected chi connectivity index (χ0v) is 82.5. The quantitative estimate of drug-likeness (QED) is 0.00634. The number of hydrogen-bond donors (Lipinski definition) is 4. The molecule has 0 saturated carbocycles. The van der Waals surface area contributed by atoms with Crippen LogP contribution >= 0.6 is 87.2 Å². The van der Waals surface area contributed by atoms with Crippen LogP contribution in [0.1, 0.15) is 142 Å². The number of amides is 1. The van der Waals surface area contributed by atoms with Crippen molar-refractivity contribution in [2.75, 3.05) is 19.6 Å². The Morgan fingerprint density at radius 3 is 1.15 bits per heavy atom. The van der Waals surface area contributed by atoms with Gasteiger partial charge in [0.1, 0.15) is 5.60 Å². The number of aryl methyl sites for hydroxylation is 4. The number of alkyl halides is 10. The maximum absolute atomic E-state index is 12.7. The summed E-state index contributed by atoms with van der Waals surface area (Å²) in [5, 5.41) is 14.9. The van der Waals surface area contributed by atoms with E-state index in [-0.39, 0.29) is 34.4 Å². The van der Waals surface area contributed by atoms with E-state index in [1.165, 1.54) is 95.1 Å². The molecule has 693 valence electrons. The van der Waals surface area contributed by atoms with Gasteiger partial charge in [0, 0.05) is 61.2 Å². The average molecular weight is 2170 g/mol. The molecule has 2 saturated heterocycles. The van der Waals surface area contributed by atoms with Gasteiger partial charge in [0.15, 0.2) is 0 Å². The van der Waals surface area contributed by atoms with E-state index >= 15 is 0 Å². The number of nitrogens with one attached hydrogen (secondary N) is 3. The van der Waals surface area contributed by atoms with Gasteiger partial charge in [-0.3, -0.25) is 9.59 Å². The van der Waals surface area contributed by atoms with Gasteiger partial charge in [0.05, 0.1) is 53.3 Å². The van der Waals surface area contributed by atoms with Crippen LogP contribution in [0.15, 0.2) is 194 Å². The second-order valence-electron chi connectivity index (χ2n) is 30.9. The van der Waals surface area contributed by atoms with Crippen LogP contribution in [0.25, 0.3) is 21.5 Å². The second-order valence-corrected chi connectivity index (χ2v) is 44.0. The van der Waals surface area contributed by atoms with Crippen molar-refractivity contribution < 1.29 is 118 Å². The van der Waals surface area contributed by atoms with Crippen LogP contribution in [-0.4, -0.2) is 140 Å². The Balaban J connectivity index is 0.000000404. The Morgan fingerprint density at radius 1 is 0.516 bits per heavy atom. The molecule has 0 bridgehead atoms. The van der Waals surface area contributed by atoms with Crippen LogP contribution in [0.3, 0.4) is 0 Å². The number of ether oxygens (including phenoxy) is 1. The zero-order valence-electron chi connectivity index (χ0n) is 70.4. The fourth-order valence-corrected chi connectivity index (χ4v) is 16.2. The Kier molecular flexibility index (Phi) is 41.9. The summed E-state index contributed by atoms with van der Waals surface area (Å²) < 4.78 is 269. The Morgan fingerprint density at radius 2 is 0.825 bits per heavy atom. The first-order valence-corrected chi connectivity index (χ1v) is 49.2. The molecular formula is C81H97B3Br4ClF10N4O17S6. The van der Waals surface area contributed by atoms with Crippen LogP contribution in [-0.2, 0) is 100 Å². The summed E-state index contributed by atoms with van der Waals surface area (Å²) in [5.74, 6) is -0.285. The number of rotatable bonds is 20. The topological polar surface area (TPSA) is 299 Å². The third kappa shape index (κ3) is 31.5. The number of thiol groups is 1. The first-order chi connectivity index (χ1) is 57.0. The summed E-state index contributed by atoms with van der Waals surface area (Å²) >= 11 is 15.9. The van der Waals surface area contributed by atoms with E-state index in [2.05, 4.69) is 160 Å². The number of carbonyl (C=O) groups excluding carboxylic acids is 2. The van der Waals surface area contributed by atoms with Crippen molar-refractivity contribution in [3.8, 4) is 0 Å². The number of nitrogens with zero attached hydrogens (tertiary/aromatic N) is 1. The van der Waals surface area contributed by atoms with Gasteiger partial charge in [0.2, 0.25) is 5.91 Å². The molecule has 2 fully saturated rings. The average Bonchev–Trinajstić information content (AvgIpc) is 1.54. The number of hydrogen-bond acceptors (Lipinski definition) is 21. The van der Waals surface area contributed by atoms with Gasteiger partial charge in [-0.15, -0.1) is 3.89 Å². The molecule has 126 heavy (non-hydrogen) atoms. The number of halogens is 15. The van der Waals surface area contributed by atoms with Crippen LogP contribution in [0.2, 0.25) is 0 Å². The Labute approximate surface area is 776 Å². The molecule has 8 aromatic rings. The van der Waals surface area contributed by atoms with Gasteiger partial charge in [-0.2, -0.15) is 47.9 Å². The summed E-state index contributed by atoms with van der Waals surface area (Å²) in [4.78, 5) is 21.2. The number of esters is 1. The first kappa shape index (κ1) is 114. The van der Waals surface area contributed by atoms with Crippen molar-refractivity contribution in [2.24, 2.45) is 4.30 Å². The minimum absolute atomic E-state index is 0. The molecule has 1 amide bonds. The molecule has 2 aliphatic heterocycles. The summed E-state index contributed by atoms with van der Waals surface area (Å²) in [6.07, 6.45) is 1.18. The fourth-order valence-electron chi connectivity index (χ4n) is 11.1. The van der Waals surface area contributed by atoms with E-state index in [9.17, 15) is 95.1 Å². The van der Waals surface area contributed by atoms with E-state index in [0.717, 1.165) is 70.4 Å². The number of fused-ring (bicyclic) bond motifs is 2. The summed E-state index contributed by atoms with van der Waals surface area (Å²) in [5.41, 5.74) is -12.1. The van der Waals surface area contributed by atoms with Gasteiger partial charge >= 0.3 is 71.7 Å². The van der Waals surface area contributed by atoms with Crippen molar-refractivity contribution in [2.45, 2.75) is 218 Å². The summed E-state index contributed by atoms with van der Waals surface area (Å²) in [6.45, 7) is 35.8.